The number of rotatable bonds is 6. The Morgan fingerprint density at radius 3 is 2.68 bits per heavy atom. The molecule has 9 nitrogen and oxygen atoms in total. The molecular formula is C25H25Cl2F2N7O2. The van der Waals surface area contributed by atoms with Crippen molar-refractivity contribution in [3.63, 3.8) is 0 Å². The maximum Gasteiger partial charge on any atom is 0.387 e. The zero-order valence-corrected chi connectivity index (χ0v) is 22.1. The molecule has 1 fully saturated rings. The Morgan fingerprint density at radius 1 is 1.21 bits per heavy atom. The fourth-order valence-corrected chi connectivity index (χ4v) is 5.21. The average Bonchev–Trinajstić information content (AvgIpc) is 2.86. The number of anilines is 5. The zero-order valence-electron chi connectivity index (χ0n) is 20.6. The first-order chi connectivity index (χ1) is 18.2. The topological polar surface area (TPSA) is 85.9 Å². The summed E-state index contributed by atoms with van der Waals surface area (Å²) in [6.45, 7) is 1.30. The summed E-state index contributed by atoms with van der Waals surface area (Å²) >= 11 is 12.7. The first-order valence-electron chi connectivity index (χ1n) is 11.9. The molecule has 0 aliphatic carbocycles. The number of amides is 1. The molecule has 5 rings (SSSR count). The lowest BCUT2D eigenvalue weighted by molar-refractivity contribution is -0.0494. The van der Waals surface area contributed by atoms with Crippen molar-refractivity contribution in [2.24, 2.45) is 0 Å². The third kappa shape index (κ3) is 5.27. The van der Waals surface area contributed by atoms with E-state index in [1.807, 2.05) is 11.8 Å². The number of fused-ring (bicyclic) bond motifs is 1. The standard InChI is InChI=1S/C25H25Cl2F2N7O2/c1-14-12-35(9-8-30-14)19-7-6-15(10-20(19)38-24(28)29)32-25-31-11-16-22(33-25)34(2)13-36(23(16)37)21-17(26)4-3-5-18(21)27/h3-7,10-11,14,24,30H,8-9,12-13H2,1-2H3,(H,31,32,33). The molecule has 3 aromatic rings. The van der Waals surface area contributed by atoms with E-state index in [9.17, 15) is 13.6 Å². The number of hydrogen-bond donors (Lipinski definition) is 2. The number of ether oxygens (including phenoxy) is 1. The summed E-state index contributed by atoms with van der Waals surface area (Å²) in [6, 6.07) is 10.2. The Bertz CT molecular complexity index is 1340. The first kappa shape index (κ1) is 26.2. The molecule has 2 aliphatic rings. The lowest BCUT2D eigenvalue weighted by Crippen LogP contribution is -2.49. The minimum absolute atomic E-state index is 0.0524. The molecule has 2 N–H and O–H groups in total. The van der Waals surface area contributed by atoms with Crippen LogP contribution in [0.4, 0.5) is 37.6 Å². The van der Waals surface area contributed by atoms with Crippen molar-refractivity contribution in [3.8, 4) is 5.75 Å². The van der Waals surface area contributed by atoms with E-state index in [1.165, 1.54) is 17.2 Å². The third-order valence-corrected chi connectivity index (χ3v) is 6.92. The molecule has 1 saturated heterocycles. The highest BCUT2D eigenvalue weighted by Gasteiger charge is 2.33. The second-order valence-corrected chi connectivity index (χ2v) is 9.88. The zero-order chi connectivity index (χ0) is 27.0. The fourth-order valence-electron chi connectivity index (χ4n) is 4.61. The van der Waals surface area contributed by atoms with E-state index in [4.69, 9.17) is 27.9 Å². The molecule has 1 unspecified atom stereocenters. The van der Waals surface area contributed by atoms with Crippen LogP contribution in [0.2, 0.25) is 10.0 Å². The second-order valence-electron chi connectivity index (χ2n) is 9.06. The predicted octanol–water partition coefficient (Wildman–Crippen LogP) is 4.98. The van der Waals surface area contributed by atoms with Crippen LogP contribution in [0.25, 0.3) is 0 Å². The summed E-state index contributed by atoms with van der Waals surface area (Å²) in [6.07, 6.45) is 1.41. The Kier molecular flexibility index (Phi) is 7.42. The minimum Gasteiger partial charge on any atom is -0.433 e. The fraction of sp³-hybridized carbons (Fsp3) is 0.320. The van der Waals surface area contributed by atoms with E-state index in [1.54, 1.807) is 42.3 Å². The first-order valence-corrected chi connectivity index (χ1v) is 12.6. The number of halogens is 4. The maximum absolute atomic E-state index is 13.3. The van der Waals surface area contributed by atoms with Crippen molar-refractivity contribution in [2.75, 3.05) is 53.4 Å². The molecule has 2 aliphatic heterocycles. The summed E-state index contributed by atoms with van der Waals surface area (Å²) in [7, 11) is 1.78. The van der Waals surface area contributed by atoms with Crippen LogP contribution in [0.15, 0.2) is 42.6 Å². The van der Waals surface area contributed by atoms with E-state index < -0.39 is 6.61 Å². The van der Waals surface area contributed by atoms with Gasteiger partial charge in [-0.05, 0) is 31.2 Å². The highest BCUT2D eigenvalue weighted by molar-refractivity contribution is 6.40. The van der Waals surface area contributed by atoms with Gasteiger partial charge in [-0.15, -0.1) is 0 Å². The van der Waals surface area contributed by atoms with Crippen molar-refractivity contribution in [2.45, 2.75) is 19.6 Å². The molecule has 0 bridgehead atoms. The van der Waals surface area contributed by atoms with E-state index in [-0.39, 0.29) is 35.9 Å². The Balaban J connectivity index is 1.41. The summed E-state index contributed by atoms with van der Waals surface area (Å²) in [5.74, 6) is 0.306. The predicted molar refractivity (Wildman–Crippen MR) is 145 cm³/mol. The van der Waals surface area contributed by atoms with Gasteiger partial charge in [0.1, 0.15) is 11.4 Å². The van der Waals surface area contributed by atoms with Crippen LogP contribution in [0.3, 0.4) is 0 Å². The number of para-hydroxylation sites is 1. The highest BCUT2D eigenvalue weighted by Crippen LogP contribution is 2.38. The van der Waals surface area contributed by atoms with Gasteiger partial charge in [0.25, 0.3) is 5.91 Å². The van der Waals surface area contributed by atoms with Crippen molar-refractivity contribution < 1.29 is 18.3 Å². The van der Waals surface area contributed by atoms with Crippen LogP contribution in [-0.2, 0) is 0 Å². The van der Waals surface area contributed by atoms with Crippen LogP contribution in [0.1, 0.15) is 17.3 Å². The number of benzene rings is 2. The number of carbonyl (C=O) groups is 1. The molecule has 13 heteroatoms. The van der Waals surface area contributed by atoms with E-state index in [0.29, 0.717) is 46.0 Å². The number of alkyl halides is 2. The van der Waals surface area contributed by atoms with Crippen LogP contribution in [-0.4, -0.2) is 61.9 Å². The molecule has 3 heterocycles. The van der Waals surface area contributed by atoms with Crippen LogP contribution in [0.5, 0.6) is 5.75 Å². The number of carbonyl (C=O) groups excluding carboxylic acids is 1. The molecule has 38 heavy (non-hydrogen) atoms. The van der Waals surface area contributed by atoms with Gasteiger partial charge in [0.2, 0.25) is 5.95 Å². The van der Waals surface area contributed by atoms with Crippen LogP contribution in [0, 0.1) is 0 Å². The largest absolute Gasteiger partial charge is 0.433 e. The Labute approximate surface area is 228 Å². The number of nitrogens with zero attached hydrogens (tertiary/aromatic N) is 5. The molecular weight excluding hydrogens is 539 g/mol. The molecule has 200 valence electrons. The third-order valence-electron chi connectivity index (χ3n) is 6.31. The number of aromatic nitrogens is 2. The smallest absolute Gasteiger partial charge is 0.387 e. The lowest BCUT2D eigenvalue weighted by Gasteiger charge is -2.35. The summed E-state index contributed by atoms with van der Waals surface area (Å²) in [5.41, 5.74) is 1.72. The van der Waals surface area contributed by atoms with Crippen LogP contribution >= 0.6 is 23.2 Å². The molecule has 0 radical (unpaired) electrons. The van der Waals surface area contributed by atoms with Crippen molar-refractivity contribution in [3.05, 3.63) is 58.2 Å². The van der Waals surface area contributed by atoms with Gasteiger partial charge in [0, 0.05) is 50.7 Å². The molecule has 1 atom stereocenters. The van der Waals surface area contributed by atoms with Gasteiger partial charge in [-0.25, -0.2) is 4.98 Å². The average molecular weight is 564 g/mol. The van der Waals surface area contributed by atoms with Gasteiger partial charge < -0.3 is 25.2 Å². The minimum atomic E-state index is -2.97. The van der Waals surface area contributed by atoms with E-state index >= 15 is 0 Å². The number of nitrogens with one attached hydrogen (secondary N) is 2. The molecule has 1 aromatic heterocycles. The summed E-state index contributed by atoms with van der Waals surface area (Å²) in [4.78, 5) is 27.3. The van der Waals surface area contributed by atoms with Gasteiger partial charge in [-0.2, -0.15) is 13.8 Å². The SMILES string of the molecule is CC1CN(c2ccc(Nc3ncc4c(n3)N(C)CN(c3c(Cl)cccc3Cl)C4=O)cc2OC(F)F)CCN1. The summed E-state index contributed by atoms with van der Waals surface area (Å²) < 4.78 is 31.3. The lowest BCUT2D eigenvalue weighted by atomic mass is 10.1. The maximum atomic E-state index is 13.3. The Hall–Kier alpha value is -3.41. The monoisotopic (exact) mass is 563 g/mol. The van der Waals surface area contributed by atoms with Crippen molar-refractivity contribution in [1.29, 1.82) is 0 Å². The van der Waals surface area contributed by atoms with Crippen molar-refractivity contribution >= 4 is 57.9 Å². The van der Waals surface area contributed by atoms with Crippen molar-refractivity contribution in [1.82, 2.24) is 15.3 Å². The van der Waals surface area contributed by atoms with Gasteiger partial charge in [0.05, 0.1) is 28.1 Å². The molecule has 0 saturated carbocycles. The van der Waals surface area contributed by atoms with E-state index in [0.717, 1.165) is 6.54 Å². The normalized spacial score (nSPS) is 17.6. The highest BCUT2D eigenvalue weighted by atomic mass is 35.5. The molecule has 1 amide bonds. The van der Waals surface area contributed by atoms with Gasteiger partial charge in [-0.3, -0.25) is 9.69 Å². The van der Waals surface area contributed by atoms with Crippen LogP contribution < -0.4 is 30.1 Å². The molecule has 2 aromatic carbocycles. The number of piperazine rings is 1. The quantitative estimate of drug-likeness (QED) is 0.434. The molecule has 0 spiro atoms. The number of hydrogen-bond acceptors (Lipinski definition) is 8. The van der Waals surface area contributed by atoms with Gasteiger partial charge >= 0.3 is 6.61 Å². The Morgan fingerprint density at radius 2 is 1.97 bits per heavy atom. The second kappa shape index (κ2) is 10.8. The van der Waals surface area contributed by atoms with Gasteiger partial charge in [-0.1, -0.05) is 29.3 Å². The summed E-state index contributed by atoms with van der Waals surface area (Å²) in [5, 5.41) is 7.06. The van der Waals surface area contributed by atoms with E-state index in [2.05, 4.69) is 20.6 Å². The van der Waals surface area contributed by atoms with Gasteiger partial charge in [0.15, 0.2) is 5.75 Å².